The summed E-state index contributed by atoms with van der Waals surface area (Å²) in [7, 11) is 0. The van der Waals surface area contributed by atoms with Crippen molar-refractivity contribution in [1.82, 2.24) is 5.32 Å². The van der Waals surface area contributed by atoms with Gasteiger partial charge in [0.05, 0.1) is 0 Å². The minimum atomic E-state index is -2.44. The van der Waals surface area contributed by atoms with Crippen LogP contribution in [-0.4, -0.2) is 17.7 Å². The number of carbonyl (C=O) groups excluding carboxylic acids is 1. The van der Waals surface area contributed by atoms with E-state index in [2.05, 4.69) is 5.32 Å². The molecule has 0 bridgehead atoms. The first-order chi connectivity index (χ1) is 8.02. The maximum Gasteiger partial charge on any atom is 0.288 e. The molecular weight excluding hydrogens is 244 g/mol. The Kier molecular flexibility index (Phi) is 5.41. The van der Waals surface area contributed by atoms with Crippen molar-refractivity contribution in [2.45, 2.75) is 37.0 Å². The molecule has 0 aromatic heterocycles. The number of benzene rings is 1. The number of alkyl halides is 2. The zero-order chi connectivity index (χ0) is 12.8. The molecular formula is C12H15F2NOS. The SMILES string of the molecule is CCC(C)NC(=O)c1ccc(SC(F)F)cc1. The van der Waals surface area contributed by atoms with Crippen LogP contribution in [0.1, 0.15) is 30.6 Å². The van der Waals surface area contributed by atoms with E-state index in [1.807, 2.05) is 13.8 Å². The Morgan fingerprint density at radius 1 is 1.35 bits per heavy atom. The van der Waals surface area contributed by atoms with Crippen molar-refractivity contribution in [1.29, 1.82) is 0 Å². The molecule has 0 saturated heterocycles. The molecule has 1 N–H and O–H groups in total. The van der Waals surface area contributed by atoms with Gasteiger partial charge in [0.25, 0.3) is 11.7 Å². The van der Waals surface area contributed by atoms with Gasteiger partial charge in [-0.15, -0.1) is 0 Å². The van der Waals surface area contributed by atoms with Gasteiger partial charge in [-0.05, 0) is 37.6 Å². The molecule has 5 heteroatoms. The van der Waals surface area contributed by atoms with Gasteiger partial charge in [-0.1, -0.05) is 18.7 Å². The fourth-order valence-corrected chi connectivity index (χ4v) is 1.70. The lowest BCUT2D eigenvalue weighted by molar-refractivity contribution is 0.0939. The predicted octanol–water partition coefficient (Wildman–Crippen LogP) is 3.53. The Bertz CT molecular complexity index is 367. The van der Waals surface area contributed by atoms with Gasteiger partial charge < -0.3 is 5.32 Å². The summed E-state index contributed by atoms with van der Waals surface area (Å²) in [4.78, 5) is 12.1. The van der Waals surface area contributed by atoms with Crippen molar-refractivity contribution in [3.05, 3.63) is 29.8 Å². The third-order valence-electron chi connectivity index (χ3n) is 2.33. The van der Waals surface area contributed by atoms with E-state index in [1.165, 1.54) is 12.1 Å². The van der Waals surface area contributed by atoms with Gasteiger partial charge in [0, 0.05) is 16.5 Å². The summed E-state index contributed by atoms with van der Waals surface area (Å²) in [5.74, 6) is -2.61. The summed E-state index contributed by atoms with van der Waals surface area (Å²) >= 11 is 0.472. The minimum absolute atomic E-state index is 0.109. The van der Waals surface area contributed by atoms with Crippen LogP contribution >= 0.6 is 11.8 Å². The Balaban J connectivity index is 2.64. The molecule has 1 unspecified atom stereocenters. The number of thioether (sulfide) groups is 1. The Morgan fingerprint density at radius 2 is 1.94 bits per heavy atom. The number of carbonyl (C=O) groups is 1. The summed E-state index contributed by atoms with van der Waals surface area (Å²) in [5.41, 5.74) is 0.490. The van der Waals surface area contributed by atoms with Crippen LogP contribution in [0, 0.1) is 0 Å². The van der Waals surface area contributed by atoms with E-state index in [4.69, 9.17) is 0 Å². The fraction of sp³-hybridized carbons (Fsp3) is 0.417. The molecule has 1 rings (SSSR count). The van der Waals surface area contributed by atoms with E-state index < -0.39 is 5.76 Å². The molecule has 1 atom stereocenters. The Morgan fingerprint density at radius 3 is 2.41 bits per heavy atom. The third kappa shape index (κ3) is 4.73. The number of nitrogens with one attached hydrogen (secondary N) is 1. The summed E-state index contributed by atoms with van der Waals surface area (Å²) in [6, 6.07) is 6.29. The highest BCUT2D eigenvalue weighted by Gasteiger charge is 2.09. The monoisotopic (exact) mass is 259 g/mol. The Labute approximate surface area is 104 Å². The van der Waals surface area contributed by atoms with Crippen LogP contribution in [0.5, 0.6) is 0 Å². The van der Waals surface area contributed by atoms with Crippen LogP contribution in [0.25, 0.3) is 0 Å². The first-order valence-corrected chi connectivity index (χ1v) is 6.26. The molecule has 1 amide bonds. The van der Waals surface area contributed by atoms with Crippen molar-refractivity contribution < 1.29 is 13.6 Å². The van der Waals surface area contributed by atoms with Crippen molar-refractivity contribution in [2.75, 3.05) is 0 Å². The molecule has 0 saturated carbocycles. The molecule has 0 aliphatic heterocycles. The molecule has 0 radical (unpaired) electrons. The van der Waals surface area contributed by atoms with Gasteiger partial charge in [0.1, 0.15) is 0 Å². The lowest BCUT2D eigenvalue weighted by atomic mass is 10.2. The predicted molar refractivity (Wildman–Crippen MR) is 65.5 cm³/mol. The van der Waals surface area contributed by atoms with E-state index in [0.29, 0.717) is 22.2 Å². The van der Waals surface area contributed by atoms with Crippen LogP contribution in [0.4, 0.5) is 8.78 Å². The first kappa shape index (κ1) is 14.0. The molecule has 0 heterocycles. The van der Waals surface area contributed by atoms with Crippen molar-refractivity contribution in [2.24, 2.45) is 0 Å². The molecule has 0 aliphatic rings. The highest BCUT2D eigenvalue weighted by Crippen LogP contribution is 2.25. The summed E-state index contributed by atoms with van der Waals surface area (Å²) in [5, 5.41) is 2.81. The average molecular weight is 259 g/mol. The molecule has 1 aromatic rings. The van der Waals surface area contributed by atoms with Gasteiger partial charge in [-0.2, -0.15) is 8.78 Å². The van der Waals surface area contributed by atoms with Crippen molar-refractivity contribution in [3.63, 3.8) is 0 Å². The molecule has 2 nitrogen and oxygen atoms in total. The van der Waals surface area contributed by atoms with Crippen LogP contribution in [-0.2, 0) is 0 Å². The number of hydrogen-bond donors (Lipinski definition) is 1. The second kappa shape index (κ2) is 6.59. The topological polar surface area (TPSA) is 29.1 Å². The quantitative estimate of drug-likeness (QED) is 0.820. The number of amides is 1. The fourth-order valence-electron chi connectivity index (χ4n) is 1.20. The first-order valence-electron chi connectivity index (χ1n) is 5.38. The number of rotatable bonds is 5. The second-order valence-electron chi connectivity index (χ2n) is 3.69. The molecule has 0 spiro atoms. The smallest absolute Gasteiger partial charge is 0.288 e. The average Bonchev–Trinajstić information content (AvgIpc) is 2.28. The maximum atomic E-state index is 12.1. The molecule has 94 valence electrons. The molecule has 0 fully saturated rings. The highest BCUT2D eigenvalue weighted by molar-refractivity contribution is 7.99. The molecule has 0 aliphatic carbocycles. The second-order valence-corrected chi connectivity index (χ2v) is 4.75. The third-order valence-corrected chi connectivity index (χ3v) is 3.05. The van der Waals surface area contributed by atoms with E-state index in [9.17, 15) is 13.6 Å². The van der Waals surface area contributed by atoms with Crippen LogP contribution in [0.2, 0.25) is 0 Å². The van der Waals surface area contributed by atoms with Gasteiger partial charge in [-0.25, -0.2) is 0 Å². The largest absolute Gasteiger partial charge is 0.350 e. The van der Waals surface area contributed by atoms with Gasteiger partial charge in [-0.3, -0.25) is 4.79 Å². The standard InChI is InChI=1S/C12H15F2NOS/c1-3-8(2)15-11(16)9-4-6-10(7-5-9)17-12(13)14/h4-8,12H,3H2,1-2H3,(H,15,16). The van der Waals surface area contributed by atoms with Gasteiger partial charge >= 0.3 is 0 Å². The summed E-state index contributed by atoms with van der Waals surface area (Å²) in [6.45, 7) is 3.90. The van der Waals surface area contributed by atoms with E-state index in [-0.39, 0.29) is 11.9 Å². The maximum absolute atomic E-state index is 12.1. The number of hydrogen-bond acceptors (Lipinski definition) is 2. The zero-order valence-corrected chi connectivity index (χ0v) is 10.6. The van der Waals surface area contributed by atoms with E-state index in [0.717, 1.165) is 6.42 Å². The summed E-state index contributed by atoms with van der Waals surface area (Å²) < 4.78 is 24.2. The van der Waals surface area contributed by atoms with E-state index in [1.54, 1.807) is 12.1 Å². The lowest BCUT2D eigenvalue weighted by Gasteiger charge is -2.11. The summed E-state index contributed by atoms with van der Waals surface area (Å²) in [6.07, 6.45) is 0.852. The lowest BCUT2D eigenvalue weighted by Crippen LogP contribution is -2.31. The zero-order valence-electron chi connectivity index (χ0n) is 9.74. The van der Waals surface area contributed by atoms with Gasteiger partial charge in [0.15, 0.2) is 0 Å². The van der Waals surface area contributed by atoms with E-state index >= 15 is 0 Å². The molecule has 1 aromatic carbocycles. The number of halogens is 2. The highest BCUT2D eigenvalue weighted by atomic mass is 32.2. The van der Waals surface area contributed by atoms with Crippen molar-refractivity contribution in [3.8, 4) is 0 Å². The van der Waals surface area contributed by atoms with Gasteiger partial charge in [0.2, 0.25) is 0 Å². The van der Waals surface area contributed by atoms with Crippen LogP contribution < -0.4 is 5.32 Å². The van der Waals surface area contributed by atoms with Crippen LogP contribution in [0.3, 0.4) is 0 Å². The normalized spacial score (nSPS) is 12.5. The molecule has 17 heavy (non-hydrogen) atoms. The van der Waals surface area contributed by atoms with Crippen LogP contribution in [0.15, 0.2) is 29.2 Å². The van der Waals surface area contributed by atoms with Crippen molar-refractivity contribution >= 4 is 17.7 Å². The Hall–Kier alpha value is -1.10. The minimum Gasteiger partial charge on any atom is -0.350 e.